The summed E-state index contributed by atoms with van der Waals surface area (Å²) in [4.78, 5) is 0. The molecule has 0 aromatic heterocycles. The molecule has 10 heavy (non-hydrogen) atoms. The molecule has 4 heteroatoms. The maximum atomic E-state index is 8.29. The van der Waals surface area contributed by atoms with Gasteiger partial charge in [-0.3, -0.25) is 0 Å². The molecule has 0 saturated carbocycles. The van der Waals surface area contributed by atoms with E-state index < -0.39 is 0 Å². The molecule has 0 heterocycles. The second kappa shape index (κ2) is 6.51. The van der Waals surface area contributed by atoms with E-state index >= 15 is 0 Å². The molecule has 1 N–H and O–H groups in total. The van der Waals surface area contributed by atoms with Crippen molar-refractivity contribution in [3.63, 3.8) is 0 Å². The number of hydrogen-bond acceptors (Lipinski definition) is 4. The molecule has 0 aromatic rings. The smallest absolute Gasteiger partial charge is 0.197 e. The molecule has 0 amide bonds. The Labute approximate surface area is 65.3 Å². The fraction of sp³-hybridized carbons (Fsp3) is 0.500. The highest BCUT2D eigenvalue weighted by Crippen LogP contribution is 1.84. The van der Waals surface area contributed by atoms with Crippen molar-refractivity contribution in [3.8, 4) is 0 Å². The predicted molar refractivity (Wildman–Crippen MR) is 41.8 cm³/mol. The van der Waals surface area contributed by atoms with Crippen LogP contribution in [0.2, 0.25) is 0 Å². The lowest BCUT2D eigenvalue weighted by atomic mass is 10.7. The van der Waals surface area contributed by atoms with Gasteiger partial charge in [0, 0.05) is 0 Å². The summed E-state index contributed by atoms with van der Waals surface area (Å²) in [5.41, 5.74) is 0. The Morgan fingerprint density at radius 1 is 1.70 bits per heavy atom. The number of ether oxygens (including phenoxy) is 2. The van der Waals surface area contributed by atoms with Gasteiger partial charge < -0.3 is 14.6 Å². The van der Waals surface area contributed by atoms with E-state index in [1.807, 2.05) is 0 Å². The molecule has 0 atom stereocenters. The Kier molecular flexibility index (Phi) is 6.11. The normalized spacial score (nSPS) is 8.50. The lowest BCUT2D eigenvalue weighted by molar-refractivity contribution is 0.181. The van der Waals surface area contributed by atoms with Crippen molar-refractivity contribution >= 4 is 17.3 Å². The molecule has 0 spiro atoms. The standard InChI is InChI=1S/C6H10O3S/c1-2-8-5-6(10)9-4-3-7/h2,7H,1,3-5H2. The SMILES string of the molecule is C=COCC(=S)OCCO. The summed E-state index contributed by atoms with van der Waals surface area (Å²) in [6.07, 6.45) is 1.29. The molecule has 0 saturated heterocycles. The maximum Gasteiger partial charge on any atom is 0.197 e. The zero-order valence-electron chi connectivity index (χ0n) is 5.58. The van der Waals surface area contributed by atoms with Crippen molar-refractivity contribution in [1.29, 1.82) is 0 Å². The molecule has 0 radical (unpaired) electrons. The van der Waals surface area contributed by atoms with Gasteiger partial charge in [0.05, 0.1) is 12.9 Å². The van der Waals surface area contributed by atoms with Gasteiger partial charge in [-0.25, -0.2) is 0 Å². The van der Waals surface area contributed by atoms with E-state index in [1.165, 1.54) is 6.26 Å². The van der Waals surface area contributed by atoms with Crippen LogP contribution in [0.1, 0.15) is 0 Å². The molecule has 0 unspecified atom stereocenters. The lowest BCUT2D eigenvalue weighted by Crippen LogP contribution is -2.10. The third kappa shape index (κ3) is 5.53. The van der Waals surface area contributed by atoms with Crippen LogP contribution in [-0.4, -0.2) is 30.0 Å². The van der Waals surface area contributed by atoms with E-state index in [0.29, 0.717) is 5.05 Å². The number of rotatable bonds is 5. The van der Waals surface area contributed by atoms with Gasteiger partial charge in [-0.05, 0) is 12.2 Å². The molecular weight excluding hydrogens is 152 g/mol. The molecule has 0 aromatic carbocycles. The number of aliphatic hydroxyl groups is 1. The number of hydrogen-bond donors (Lipinski definition) is 1. The average Bonchev–Trinajstić information content (AvgIpc) is 1.97. The molecule has 0 aliphatic carbocycles. The first-order valence-corrected chi connectivity index (χ1v) is 3.21. The van der Waals surface area contributed by atoms with Gasteiger partial charge in [0.2, 0.25) is 0 Å². The average molecular weight is 162 g/mol. The number of thiocarbonyl (C=S) groups is 1. The quantitative estimate of drug-likeness (QED) is 0.471. The summed E-state index contributed by atoms with van der Waals surface area (Å²) in [5, 5.41) is 8.62. The highest BCUT2D eigenvalue weighted by atomic mass is 32.1. The van der Waals surface area contributed by atoms with Crippen LogP contribution in [0.15, 0.2) is 12.8 Å². The molecular formula is C6H10O3S. The van der Waals surface area contributed by atoms with Crippen molar-refractivity contribution in [2.45, 2.75) is 0 Å². The Bertz CT molecular complexity index is 114. The fourth-order valence-electron chi connectivity index (χ4n) is 0.328. The van der Waals surface area contributed by atoms with Crippen LogP contribution in [0.3, 0.4) is 0 Å². The first-order valence-electron chi connectivity index (χ1n) is 2.80. The summed E-state index contributed by atoms with van der Waals surface area (Å²) in [5.74, 6) is 0. The molecule has 0 aliphatic heterocycles. The zero-order chi connectivity index (χ0) is 7.82. The molecule has 0 aliphatic rings. The van der Waals surface area contributed by atoms with E-state index in [1.54, 1.807) is 0 Å². The minimum absolute atomic E-state index is 0.0335. The lowest BCUT2D eigenvalue weighted by Gasteiger charge is -2.03. The zero-order valence-corrected chi connectivity index (χ0v) is 6.39. The third-order valence-electron chi connectivity index (χ3n) is 0.673. The predicted octanol–water partition coefficient (Wildman–Crippen LogP) is 0.483. The Balaban J connectivity index is 3.16. The minimum Gasteiger partial charge on any atom is -0.493 e. The summed E-state index contributed by atoms with van der Waals surface area (Å²) in [7, 11) is 0. The van der Waals surface area contributed by atoms with Crippen molar-refractivity contribution < 1.29 is 14.6 Å². The van der Waals surface area contributed by atoms with Gasteiger partial charge in [-0.15, -0.1) is 0 Å². The monoisotopic (exact) mass is 162 g/mol. The van der Waals surface area contributed by atoms with Gasteiger partial charge >= 0.3 is 0 Å². The Morgan fingerprint density at radius 3 is 2.90 bits per heavy atom. The fourth-order valence-corrected chi connectivity index (χ4v) is 0.479. The molecule has 0 bridgehead atoms. The van der Waals surface area contributed by atoms with Crippen molar-refractivity contribution in [2.24, 2.45) is 0 Å². The van der Waals surface area contributed by atoms with Crippen molar-refractivity contribution in [2.75, 3.05) is 19.8 Å². The van der Waals surface area contributed by atoms with Gasteiger partial charge in [0.1, 0.15) is 6.61 Å². The van der Waals surface area contributed by atoms with Crippen LogP contribution < -0.4 is 0 Å². The maximum absolute atomic E-state index is 8.29. The van der Waals surface area contributed by atoms with Crippen LogP contribution >= 0.6 is 12.2 Å². The summed E-state index contributed by atoms with van der Waals surface area (Å²) in [6.45, 7) is 3.74. The van der Waals surface area contributed by atoms with Crippen LogP contribution in [0.4, 0.5) is 0 Å². The molecule has 3 nitrogen and oxygen atoms in total. The second-order valence-corrected chi connectivity index (χ2v) is 1.88. The molecule has 0 rings (SSSR count). The largest absolute Gasteiger partial charge is 0.493 e. The Morgan fingerprint density at radius 2 is 2.40 bits per heavy atom. The Hall–Kier alpha value is -0.610. The molecule has 0 fully saturated rings. The summed E-state index contributed by atoms with van der Waals surface area (Å²) < 4.78 is 9.51. The molecule has 58 valence electrons. The highest BCUT2D eigenvalue weighted by Gasteiger charge is 1.94. The van der Waals surface area contributed by atoms with Crippen LogP contribution in [0, 0.1) is 0 Å². The van der Waals surface area contributed by atoms with Crippen molar-refractivity contribution in [1.82, 2.24) is 0 Å². The van der Waals surface area contributed by atoms with Gasteiger partial charge in [-0.1, -0.05) is 6.58 Å². The van der Waals surface area contributed by atoms with Gasteiger partial charge in [0.15, 0.2) is 11.7 Å². The summed E-state index contributed by atoms with van der Waals surface area (Å²) in [6, 6.07) is 0. The van der Waals surface area contributed by atoms with Gasteiger partial charge in [-0.2, -0.15) is 0 Å². The second-order valence-electron chi connectivity index (χ2n) is 1.42. The van der Waals surface area contributed by atoms with Crippen LogP contribution in [0.25, 0.3) is 0 Å². The van der Waals surface area contributed by atoms with E-state index in [2.05, 4.69) is 18.8 Å². The van der Waals surface area contributed by atoms with Crippen LogP contribution in [0.5, 0.6) is 0 Å². The minimum atomic E-state index is -0.0335. The number of aliphatic hydroxyl groups excluding tert-OH is 1. The highest BCUT2D eigenvalue weighted by molar-refractivity contribution is 7.80. The summed E-state index contributed by atoms with van der Waals surface area (Å²) >= 11 is 4.68. The third-order valence-corrected chi connectivity index (χ3v) is 0.909. The first-order chi connectivity index (χ1) is 4.81. The van der Waals surface area contributed by atoms with E-state index in [9.17, 15) is 0 Å². The first kappa shape index (κ1) is 9.39. The van der Waals surface area contributed by atoms with Crippen LogP contribution in [-0.2, 0) is 9.47 Å². The van der Waals surface area contributed by atoms with E-state index in [4.69, 9.17) is 14.6 Å². The van der Waals surface area contributed by atoms with Gasteiger partial charge in [0.25, 0.3) is 0 Å². The van der Waals surface area contributed by atoms with E-state index in [-0.39, 0.29) is 19.8 Å². The van der Waals surface area contributed by atoms with Crippen molar-refractivity contribution in [3.05, 3.63) is 12.8 Å². The topological polar surface area (TPSA) is 38.7 Å². The van der Waals surface area contributed by atoms with E-state index in [0.717, 1.165) is 0 Å².